The van der Waals surface area contributed by atoms with Crippen LogP contribution < -0.4 is 0 Å². The number of hydrogen-bond acceptors (Lipinski definition) is 6. The quantitative estimate of drug-likeness (QED) is 0.0261. The van der Waals surface area contributed by atoms with Crippen LogP contribution in [-0.4, -0.2) is 37.2 Å². The summed E-state index contributed by atoms with van der Waals surface area (Å²) in [7, 11) is 0. The summed E-state index contributed by atoms with van der Waals surface area (Å²) in [6, 6.07) is 0. The van der Waals surface area contributed by atoms with Crippen molar-refractivity contribution in [3.05, 3.63) is 72.9 Å². The fourth-order valence-corrected chi connectivity index (χ4v) is 10.0. The molecule has 0 aliphatic rings. The van der Waals surface area contributed by atoms with Gasteiger partial charge in [-0.3, -0.25) is 14.4 Å². The number of allylic oxidation sites excluding steroid dienone is 12. The SMILES string of the molecule is CC/C=C\C/C=C\C/C=C\CCCCCCCC(=O)OC(COC(=O)CCCCCCC/C=C\C/C=C\CCCCC)COC(=O)CCCCCCCCCCCCCCCCCCCCC/C=C\CCCCCCCCCC. The van der Waals surface area contributed by atoms with E-state index < -0.39 is 6.10 Å². The molecular weight excluding hydrogens is 973 g/mol. The van der Waals surface area contributed by atoms with Gasteiger partial charge < -0.3 is 14.2 Å². The Morgan fingerprint density at radius 1 is 0.266 bits per heavy atom. The molecule has 0 aliphatic carbocycles. The molecule has 0 bridgehead atoms. The Balaban J connectivity index is 4.18. The average Bonchev–Trinajstić information content (AvgIpc) is 3.45. The van der Waals surface area contributed by atoms with E-state index in [1.54, 1.807) is 0 Å². The zero-order valence-electron chi connectivity index (χ0n) is 52.6. The maximum absolute atomic E-state index is 12.9. The molecule has 0 amide bonds. The molecule has 0 radical (unpaired) electrons. The fraction of sp³-hybridized carbons (Fsp3) is 0.795. The number of rotatable bonds is 63. The zero-order chi connectivity index (χ0) is 57.1. The van der Waals surface area contributed by atoms with Crippen molar-refractivity contribution in [1.82, 2.24) is 0 Å². The van der Waals surface area contributed by atoms with Crippen molar-refractivity contribution in [3.63, 3.8) is 0 Å². The van der Waals surface area contributed by atoms with Gasteiger partial charge in [0.25, 0.3) is 0 Å². The summed E-state index contributed by atoms with van der Waals surface area (Å²) in [5.74, 6) is -0.900. The number of unbranched alkanes of at least 4 members (excludes halogenated alkanes) is 40. The highest BCUT2D eigenvalue weighted by atomic mass is 16.6. The summed E-state index contributed by atoms with van der Waals surface area (Å²) in [4.78, 5) is 38.3. The van der Waals surface area contributed by atoms with Crippen molar-refractivity contribution >= 4 is 17.9 Å². The van der Waals surface area contributed by atoms with E-state index in [2.05, 4.69) is 93.7 Å². The van der Waals surface area contributed by atoms with Crippen LogP contribution >= 0.6 is 0 Å². The molecule has 79 heavy (non-hydrogen) atoms. The minimum absolute atomic E-state index is 0.0845. The molecule has 0 N–H and O–H groups in total. The highest BCUT2D eigenvalue weighted by molar-refractivity contribution is 5.71. The van der Waals surface area contributed by atoms with E-state index in [0.29, 0.717) is 19.3 Å². The molecule has 6 nitrogen and oxygen atoms in total. The average molecular weight is 1100 g/mol. The topological polar surface area (TPSA) is 78.9 Å². The first kappa shape index (κ1) is 75.8. The van der Waals surface area contributed by atoms with Crippen LogP contribution in [0, 0.1) is 0 Å². The van der Waals surface area contributed by atoms with Crippen LogP contribution in [0.15, 0.2) is 72.9 Å². The van der Waals surface area contributed by atoms with Gasteiger partial charge in [-0.25, -0.2) is 0 Å². The van der Waals surface area contributed by atoms with Crippen LogP contribution in [0.1, 0.15) is 355 Å². The van der Waals surface area contributed by atoms with Crippen LogP contribution in [0.5, 0.6) is 0 Å². The third kappa shape index (κ3) is 65.5. The molecule has 0 fully saturated rings. The summed E-state index contributed by atoms with van der Waals surface area (Å²) in [6.45, 7) is 6.52. The lowest BCUT2D eigenvalue weighted by molar-refractivity contribution is -0.167. The minimum atomic E-state index is -0.791. The summed E-state index contributed by atoms with van der Waals surface area (Å²) in [5, 5.41) is 0. The van der Waals surface area contributed by atoms with Gasteiger partial charge in [0.1, 0.15) is 13.2 Å². The molecule has 0 aliphatic heterocycles. The summed E-state index contributed by atoms with van der Waals surface area (Å²) >= 11 is 0. The molecule has 0 heterocycles. The van der Waals surface area contributed by atoms with E-state index in [9.17, 15) is 14.4 Å². The maximum Gasteiger partial charge on any atom is 0.306 e. The van der Waals surface area contributed by atoms with E-state index in [1.807, 2.05) is 0 Å². The monoisotopic (exact) mass is 1100 g/mol. The second-order valence-corrected chi connectivity index (χ2v) is 23.1. The Kier molecular flexibility index (Phi) is 64.7. The van der Waals surface area contributed by atoms with Gasteiger partial charge >= 0.3 is 17.9 Å². The standard InChI is InChI=1S/C73H130O6/c1-4-7-10-13-16-19-22-25-28-29-30-31-32-33-34-35-36-37-38-39-40-41-42-43-46-48-51-54-57-60-63-66-72(75)78-69-70(79-73(76)67-64-61-58-55-52-49-45-27-24-21-18-15-12-9-6-3)68-77-71(74)65-62-59-56-53-50-47-44-26-23-20-17-14-11-8-5-2/h9,12,17-18,20-21,26-27,29-30,44-45,70H,4-8,10-11,13-16,19,22-25,28,31-43,46-69H2,1-3H3/b12-9-,20-17-,21-18-,30-29-,44-26-,45-27-. The number of hydrogen-bond donors (Lipinski definition) is 0. The lowest BCUT2D eigenvalue weighted by Gasteiger charge is -2.18. The summed E-state index contributed by atoms with van der Waals surface area (Å²) in [6.07, 6.45) is 88.0. The lowest BCUT2D eigenvalue weighted by Crippen LogP contribution is -2.30. The molecule has 1 unspecified atom stereocenters. The van der Waals surface area contributed by atoms with Crippen LogP contribution in [0.3, 0.4) is 0 Å². The summed E-state index contributed by atoms with van der Waals surface area (Å²) in [5.41, 5.74) is 0. The van der Waals surface area contributed by atoms with E-state index in [1.165, 1.54) is 199 Å². The van der Waals surface area contributed by atoms with Gasteiger partial charge in [-0.05, 0) is 109 Å². The van der Waals surface area contributed by atoms with Crippen molar-refractivity contribution < 1.29 is 28.6 Å². The third-order valence-corrected chi connectivity index (χ3v) is 15.2. The molecule has 0 spiro atoms. The fourth-order valence-electron chi connectivity index (χ4n) is 10.0. The molecule has 0 aromatic heterocycles. The smallest absolute Gasteiger partial charge is 0.306 e. The molecule has 0 aromatic rings. The number of carbonyl (C=O) groups excluding carboxylic acids is 3. The highest BCUT2D eigenvalue weighted by Crippen LogP contribution is 2.17. The van der Waals surface area contributed by atoms with Crippen molar-refractivity contribution in [2.24, 2.45) is 0 Å². The Bertz CT molecular complexity index is 1450. The second kappa shape index (κ2) is 67.4. The van der Waals surface area contributed by atoms with Crippen LogP contribution in [0.2, 0.25) is 0 Å². The van der Waals surface area contributed by atoms with Crippen molar-refractivity contribution in [2.45, 2.75) is 361 Å². The number of ether oxygens (including phenoxy) is 3. The Morgan fingerprint density at radius 3 is 0.810 bits per heavy atom. The normalized spacial score (nSPS) is 12.5. The molecule has 0 rings (SSSR count). The maximum atomic E-state index is 12.9. The molecule has 458 valence electrons. The first-order chi connectivity index (χ1) is 39.0. The molecule has 0 saturated carbocycles. The van der Waals surface area contributed by atoms with E-state index in [4.69, 9.17) is 14.2 Å². The van der Waals surface area contributed by atoms with Gasteiger partial charge in [-0.15, -0.1) is 0 Å². The Morgan fingerprint density at radius 2 is 0.494 bits per heavy atom. The number of carbonyl (C=O) groups is 3. The van der Waals surface area contributed by atoms with Gasteiger partial charge in [0, 0.05) is 19.3 Å². The third-order valence-electron chi connectivity index (χ3n) is 15.2. The second-order valence-electron chi connectivity index (χ2n) is 23.1. The Labute approximate surface area is 491 Å². The molecule has 0 aromatic carbocycles. The molecular formula is C73H130O6. The Hall–Kier alpha value is -3.15. The van der Waals surface area contributed by atoms with Crippen LogP contribution in [0.25, 0.3) is 0 Å². The molecule has 1 atom stereocenters. The first-order valence-corrected chi connectivity index (χ1v) is 34.4. The van der Waals surface area contributed by atoms with Gasteiger partial charge in [-0.2, -0.15) is 0 Å². The minimum Gasteiger partial charge on any atom is -0.462 e. The van der Waals surface area contributed by atoms with Crippen LogP contribution in [-0.2, 0) is 28.6 Å². The number of esters is 3. The van der Waals surface area contributed by atoms with E-state index >= 15 is 0 Å². The highest BCUT2D eigenvalue weighted by Gasteiger charge is 2.19. The van der Waals surface area contributed by atoms with Crippen molar-refractivity contribution in [2.75, 3.05) is 13.2 Å². The predicted molar refractivity (Wildman–Crippen MR) is 344 cm³/mol. The predicted octanol–water partition coefficient (Wildman–Crippen LogP) is 23.7. The zero-order valence-corrected chi connectivity index (χ0v) is 52.6. The van der Waals surface area contributed by atoms with Crippen molar-refractivity contribution in [3.8, 4) is 0 Å². The summed E-state index contributed by atoms with van der Waals surface area (Å²) < 4.78 is 16.9. The van der Waals surface area contributed by atoms with E-state index in [-0.39, 0.29) is 31.1 Å². The van der Waals surface area contributed by atoms with Gasteiger partial charge in [0.05, 0.1) is 0 Å². The largest absolute Gasteiger partial charge is 0.462 e. The van der Waals surface area contributed by atoms with Gasteiger partial charge in [0.2, 0.25) is 0 Å². The molecule has 6 heteroatoms. The van der Waals surface area contributed by atoms with E-state index in [0.717, 1.165) is 116 Å². The van der Waals surface area contributed by atoms with Crippen molar-refractivity contribution in [1.29, 1.82) is 0 Å². The molecule has 0 saturated heterocycles. The van der Waals surface area contributed by atoms with Gasteiger partial charge in [-0.1, -0.05) is 299 Å². The lowest BCUT2D eigenvalue weighted by atomic mass is 10.0. The van der Waals surface area contributed by atoms with Gasteiger partial charge in [0.15, 0.2) is 6.10 Å². The first-order valence-electron chi connectivity index (χ1n) is 34.4. The van der Waals surface area contributed by atoms with Crippen LogP contribution in [0.4, 0.5) is 0 Å².